The highest BCUT2D eigenvalue weighted by molar-refractivity contribution is 5.22. The lowest BCUT2D eigenvalue weighted by atomic mass is 9.71. The predicted molar refractivity (Wildman–Crippen MR) is 72.0 cm³/mol. The number of allylic oxidation sites excluding steroid dienone is 1. The van der Waals surface area contributed by atoms with Gasteiger partial charge in [-0.3, -0.25) is 0 Å². The van der Waals surface area contributed by atoms with Crippen LogP contribution in [0.1, 0.15) is 24.0 Å². The van der Waals surface area contributed by atoms with Crippen LogP contribution in [0.3, 0.4) is 0 Å². The molecule has 17 heavy (non-hydrogen) atoms. The summed E-state index contributed by atoms with van der Waals surface area (Å²) in [6.07, 6.45) is 8.63. The minimum Gasteiger partial charge on any atom is -0.313 e. The van der Waals surface area contributed by atoms with Crippen LogP contribution in [-0.2, 0) is 6.42 Å². The predicted octanol–water partition coefficient (Wildman–Crippen LogP) is 3.09. The molecule has 90 valence electrons. The minimum atomic E-state index is 0.753. The molecule has 0 spiro atoms. The van der Waals surface area contributed by atoms with Gasteiger partial charge in [0.25, 0.3) is 0 Å². The van der Waals surface area contributed by atoms with Crippen LogP contribution in [0.4, 0.5) is 0 Å². The lowest BCUT2D eigenvalue weighted by Crippen LogP contribution is -2.48. The van der Waals surface area contributed by atoms with E-state index in [0.717, 1.165) is 30.8 Å². The second kappa shape index (κ2) is 4.66. The molecule has 2 aliphatic carbocycles. The van der Waals surface area contributed by atoms with Gasteiger partial charge in [-0.25, -0.2) is 0 Å². The number of nitrogens with one attached hydrogen (secondary N) is 1. The van der Waals surface area contributed by atoms with Gasteiger partial charge in [-0.05, 0) is 50.1 Å². The van der Waals surface area contributed by atoms with Crippen LogP contribution >= 0.6 is 0 Å². The van der Waals surface area contributed by atoms with Crippen LogP contribution in [0, 0.1) is 18.8 Å². The molecule has 0 amide bonds. The molecule has 0 saturated heterocycles. The summed E-state index contributed by atoms with van der Waals surface area (Å²) >= 11 is 0. The van der Waals surface area contributed by atoms with Crippen molar-refractivity contribution >= 4 is 0 Å². The molecule has 1 aromatic carbocycles. The van der Waals surface area contributed by atoms with Crippen molar-refractivity contribution in [1.82, 2.24) is 5.32 Å². The molecule has 0 aromatic heterocycles. The fourth-order valence-electron chi connectivity index (χ4n) is 3.22. The van der Waals surface area contributed by atoms with Crippen LogP contribution in [0.2, 0.25) is 0 Å². The molecule has 0 aliphatic heterocycles. The Hall–Kier alpha value is -1.08. The second-order valence-electron chi connectivity index (χ2n) is 5.54. The summed E-state index contributed by atoms with van der Waals surface area (Å²) in [5, 5.41) is 3.71. The van der Waals surface area contributed by atoms with Crippen molar-refractivity contribution < 1.29 is 0 Å². The molecule has 1 aromatic rings. The Kier molecular flexibility index (Phi) is 3.02. The Labute approximate surface area is 104 Å². The van der Waals surface area contributed by atoms with E-state index in [4.69, 9.17) is 0 Å². The molecule has 0 bridgehead atoms. The van der Waals surface area contributed by atoms with E-state index in [1.165, 1.54) is 24.0 Å². The maximum atomic E-state index is 3.71. The van der Waals surface area contributed by atoms with Crippen molar-refractivity contribution in [3.05, 3.63) is 47.5 Å². The highest BCUT2D eigenvalue weighted by Gasteiger charge is 2.40. The van der Waals surface area contributed by atoms with E-state index in [-0.39, 0.29) is 0 Å². The highest BCUT2D eigenvalue weighted by atomic mass is 14.9. The van der Waals surface area contributed by atoms with E-state index in [0.29, 0.717) is 0 Å². The van der Waals surface area contributed by atoms with E-state index in [2.05, 4.69) is 48.7 Å². The van der Waals surface area contributed by atoms with Crippen molar-refractivity contribution in [2.24, 2.45) is 11.8 Å². The molecule has 3 atom stereocenters. The van der Waals surface area contributed by atoms with Gasteiger partial charge in [0.1, 0.15) is 0 Å². The van der Waals surface area contributed by atoms with Gasteiger partial charge in [-0.1, -0.05) is 42.0 Å². The highest BCUT2D eigenvalue weighted by Crippen LogP contribution is 2.42. The van der Waals surface area contributed by atoms with Crippen LogP contribution in [0.15, 0.2) is 36.4 Å². The molecule has 1 N–H and O–H groups in total. The first-order valence-electron chi connectivity index (χ1n) is 6.78. The van der Waals surface area contributed by atoms with Crippen molar-refractivity contribution in [2.45, 2.75) is 32.2 Å². The molecule has 1 heteroatoms. The zero-order valence-electron chi connectivity index (χ0n) is 10.5. The lowest BCUT2D eigenvalue weighted by Gasteiger charge is -2.40. The van der Waals surface area contributed by atoms with Crippen LogP contribution in [-0.4, -0.2) is 12.6 Å². The van der Waals surface area contributed by atoms with Crippen LogP contribution in [0.25, 0.3) is 0 Å². The normalized spacial score (nSPS) is 30.1. The summed E-state index contributed by atoms with van der Waals surface area (Å²) in [6, 6.07) is 9.60. The minimum absolute atomic E-state index is 0.753. The summed E-state index contributed by atoms with van der Waals surface area (Å²) in [4.78, 5) is 0. The Balaban J connectivity index is 1.45. The fourth-order valence-corrected chi connectivity index (χ4v) is 3.22. The van der Waals surface area contributed by atoms with Gasteiger partial charge in [0.05, 0.1) is 0 Å². The van der Waals surface area contributed by atoms with Gasteiger partial charge in [-0.2, -0.15) is 0 Å². The third-order valence-corrected chi connectivity index (χ3v) is 4.27. The third kappa shape index (κ3) is 2.30. The Morgan fingerprint density at radius 3 is 3.12 bits per heavy atom. The molecule has 3 rings (SSSR count). The molecule has 0 radical (unpaired) electrons. The van der Waals surface area contributed by atoms with E-state index < -0.39 is 0 Å². The maximum absolute atomic E-state index is 3.71. The van der Waals surface area contributed by atoms with Gasteiger partial charge in [-0.15, -0.1) is 0 Å². The van der Waals surface area contributed by atoms with Crippen LogP contribution in [0.5, 0.6) is 0 Å². The SMILES string of the molecule is Cc1cccc(CCNC2CC3CC=CC32)c1. The van der Waals surface area contributed by atoms with E-state index in [9.17, 15) is 0 Å². The summed E-state index contributed by atoms with van der Waals surface area (Å²) in [5.41, 5.74) is 2.82. The van der Waals surface area contributed by atoms with Gasteiger partial charge < -0.3 is 5.32 Å². The summed E-state index contributed by atoms with van der Waals surface area (Å²) in [6.45, 7) is 3.28. The average Bonchev–Trinajstić information content (AvgIpc) is 2.66. The van der Waals surface area contributed by atoms with E-state index >= 15 is 0 Å². The van der Waals surface area contributed by atoms with Gasteiger partial charge in [0.15, 0.2) is 0 Å². The largest absolute Gasteiger partial charge is 0.313 e. The monoisotopic (exact) mass is 227 g/mol. The van der Waals surface area contributed by atoms with Crippen molar-refractivity contribution in [3.8, 4) is 0 Å². The molecule has 2 aliphatic rings. The first-order chi connectivity index (χ1) is 8.33. The van der Waals surface area contributed by atoms with Gasteiger partial charge in [0, 0.05) is 6.04 Å². The van der Waals surface area contributed by atoms with Gasteiger partial charge >= 0.3 is 0 Å². The fraction of sp³-hybridized carbons (Fsp3) is 0.500. The first-order valence-corrected chi connectivity index (χ1v) is 6.78. The quantitative estimate of drug-likeness (QED) is 0.779. The Morgan fingerprint density at radius 1 is 1.35 bits per heavy atom. The molecular formula is C16H21N. The maximum Gasteiger partial charge on any atom is 0.0136 e. The van der Waals surface area contributed by atoms with Crippen molar-refractivity contribution in [1.29, 1.82) is 0 Å². The standard InChI is InChI=1S/C16H21N/c1-12-4-2-5-13(10-12)8-9-17-16-11-14-6-3-7-15(14)16/h2-5,7,10,14-17H,6,8-9,11H2,1H3. The Morgan fingerprint density at radius 2 is 2.29 bits per heavy atom. The molecule has 0 heterocycles. The first kappa shape index (κ1) is 11.0. The zero-order chi connectivity index (χ0) is 11.7. The topological polar surface area (TPSA) is 12.0 Å². The number of aryl methyl sites for hydroxylation is 1. The average molecular weight is 227 g/mol. The third-order valence-electron chi connectivity index (χ3n) is 4.27. The van der Waals surface area contributed by atoms with Gasteiger partial charge in [0.2, 0.25) is 0 Å². The number of rotatable bonds is 4. The Bertz CT molecular complexity index is 421. The summed E-state index contributed by atoms with van der Waals surface area (Å²) in [5.74, 6) is 1.80. The zero-order valence-corrected chi connectivity index (χ0v) is 10.5. The molecule has 3 unspecified atom stereocenters. The smallest absolute Gasteiger partial charge is 0.0136 e. The number of benzene rings is 1. The number of hydrogen-bond donors (Lipinski definition) is 1. The molecular weight excluding hydrogens is 206 g/mol. The second-order valence-corrected chi connectivity index (χ2v) is 5.54. The summed E-state index contributed by atoms with van der Waals surface area (Å²) < 4.78 is 0. The lowest BCUT2D eigenvalue weighted by molar-refractivity contribution is 0.164. The van der Waals surface area contributed by atoms with E-state index in [1.54, 1.807) is 0 Å². The van der Waals surface area contributed by atoms with E-state index in [1.807, 2.05) is 0 Å². The molecule has 1 fully saturated rings. The van der Waals surface area contributed by atoms with Crippen molar-refractivity contribution in [2.75, 3.05) is 6.54 Å². The van der Waals surface area contributed by atoms with Crippen molar-refractivity contribution in [3.63, 3.8) is 0 Å². The number of hydrogen-bond acceptors (Lipinski definition) is 1. The van der Waals surface area contributed by atoms with Crippen LogP contribution < -0.4 is 5.32 Å². The summed E-state index contributed by atoms with van der Waals surface area (Å²) in [7, 11) is 0. The number of fused-ring (bicyclic) bond motifs is 1. The molecule has 1 saturated carbocycles. The molecule has 1 nitrogen and oxygen atoms in total.